The maximum atomic E-state index is 13.6. The lowest BCUT2D eigenvalue weighted by Gasteiger charge is -2.31. The third-order valence-electron chi connectivity index (χ3n) is 6.54. The highest BCUT2D eigenvalue weighted by molar-refractivity contribution is 5.96. The third kappa shape index (κ3) is 4.62. The number of benzene rings is 1. The molecule has 2 aromatic heterocycles. The highest BCUT2D eigenvalue weighted by Gasteiger charge is 2.37. The fraction of sp³-hybridized carbons (Fsp3) is 0.423. The highest BCUT2D eigenvalue weighted by Crippen LogP contribution is 2.43. The van der Waals surface area contributed by atoms with Crippen LogP contribution in [0.15, 0.2) is 42.7 Å². The topological polar surface area (TPSA) is 99.4 Å². The first-order valence-electron chi connectivity index (χ1n) is 12.1. The van der Waals surface area contributed by atoms with E-state index >= 15 is 0 Å². The van der Waals surface area contributed by atoms with Crippen molar-refractivity contribution in [2.75, 3.05) is 26.8 Å². The fourth-order valence-corrected chi connectivity index (χ4v) is 4.67. The third-order valence-corrected chi connectivity index (χ3v) is 6.54. The lowest BCUT2D eigenvalue weighted by molar-refractivity contribution is -0.149. The minimum absolute atomic E-state index is 0.104. The number of hydrogen-bond donors (Lipinski definition) is 0. The summed E-state index contributed by atoms with van der Waals surface area (Å²) >= 11 is 0. The number of methoxy groups -OCH3 is 1. The van der Waals surface area contributed by atoms with Gasteiger partial charge in [0.25, 0.3) is 11.9 Å². The Labute approximate surface area is 204 Å². The molecule has 2 fully saturated rings. The van der Waals surface area contributed by atoms with E-state index in [9.17, 15) is 9.59 Å². The molecule has 1 aliphatic carbocycles. The number of hydrogen-bond acceptors (Lipinski definition) is 7. The number of rotatable bonds is 7. The summed E-state index contributed by atoms with van der Waals surface area (Å²) in [6.07, 6.45) is 6.79. The SMILES string of the molecule is CCOC(=O)[C@H]1CCCN(C(=O)c2cnn(-c3nccc(-c4ccccc4OC)n3)c2C2CC2)C1. The van der Waals surface area contributed by atoms with Crippen LogP contribution in [-0.2, 0) is 9.53 Å². The van der Waals surface area contributed by atoms with Crippen LogP contribution >= 0.6 is 0 Å². The van der Waals surface area contributed by atoms with Crippen molar-refractivity contribution >= 4 is 11.9 Å². The first kappa shape index (κ1) is 23.0. The first-order chi connectivity index (χ1) is 17.1. The summed E-state index contributed by atoms with van der Waals surface area (Å²) in [5.41, 5.74) is 2.97. The van der Waals surface area contributed by atoms with Gasteiger partial charge in [-0.2, -0.15) is 5.10 Å². The predicted octanol–water partition coefficient (Wildman–Crippen LogP) is 3.63. The van der Waals surface area contributed by atoms with E-state index in [0.717, 1.165) is 42.7 Å². The van der Waals surface area contributed by atoms with Gasteiger partial charge in [-0.05, 0) is 50.8 Å². The molecule has 1 amide bonds. The standard InChI is InChI=1S/C26H29N5O4/c1-3-35-25(33)18-7-6-14-30(16-18)24(32)20-15-28-31(23(20)17-10-11-17)26-27-13-12-21(29-26)19-8-4-5-9-22(19)34-2/h4-5,8-9,12-13,15,17-18H,3,6-7,10-11,14,16H2,1-2H3/t18-/m0/s1. The van der Waals surface area contributed by atoms with Crippen LogP contribution in [0.5, 0.6) is 5.75 Å². The van der Waals surface area contributed by atoms with E-state index < -0.39 is 0 Å². The van der Waals surface area contributed by atoms with Crippen molar-refractivity contribution in [1.82, 2.24) is 24.6 Å². The maximum absolute atomic E-state index is 13.6. The Morgan fingerprint density at radius 2 is 1.97 bits per heavy atom. The van der Waals surface area contributed by atoms with Gasteiger partial charge in [-0.1, -0.05) is 12.1 Å². The molecule has 3 aromatic rings. The summed E-state index contributed by atoms with van der Waals surface area (Å²) < 4.78 is 12.4. The molecule has 2 aliphatic rings. The Balaban J connectivity index is 1.45. The molecule has 1 aromatic carbocycles. The zero-order valence-corrected chi connectivity index (χ0v) is 20.0. The van der Waals surface area contributed by atoms with Crippen LogP contribution in [0, 0.1) is 5.92 Å². The summed E-state index contributed by atoms with van der Waals surface area (Å²) in [6.45, 7) is 3.12. The van der Waals surface area contributed by atoms with E-state index in [1.807, 2.05) is 30.3 Å². The Morgan fingerprint density at radius 3 is 2.74 bits per heavy atom. The Morgan fingerprint density at radius 1 is 1.14 bits per heavy atom. The molecule has 9 nitrogen and oxygen atoms in total. The second kappa shape index (κ2) is 9.85. The number of carbonyl (C=O) groups excluding carboxylic acids is 2. The van der Waals surface area contributed by atoms with Crippen molar-refractivity contribution in [2.24, 2.45) is 5.92 Å². The van der Waals surface area contributed by atoms with Crippen molar-refractivity contribution in [3.8, 4) is 23.0 Å². The molecular weight excluding hydrogens is 446 g/mol. The number of ether oxygens (including phenoxy) is 2. The molecule has 1 saturated heterocycles. The van der Waals surface area contributed by atoms with Gasteiger partial charge in [-0.15, -0.1) is 0 Å². The first-order valence-corrected chi connectivity index (χ1v) is 12.1. The second-order valence-corrected chi connectivity index (χ2v) is 8.91. The summed E-state index contributed by atoms with van der Waals surface area (Å²) in [5.74, 6) is 0.751. The van der Waals surface area contributed by atoms with Gasteiger partial charge < -0.3 is 14.4 Å². The van der Waals surface area contributed by atoms with E-state index in [2.05, 4.69) is 10.1 Å². The van der Waals surface area contributed by atoms with E-state index in [-0.39, 0.29) is 23.7 Å². The number of amides is 1. The van der Waals surface area contributed by atoms with Crippen molar-refractivity contribution in [1.29, 1.82) is 0 Å². The average Bonchev–Trinajstić information content (AvgIpc) is 3.66. The van der Waals surface area contributed by atoms with Crippen LogP contribution in [0.25, 0.3) is 17.2 Å². The van der Waals surface area contributed by atoms with Gasteiger partial charge in [0.15, 0.2) is 0 Å². The minimum Gasteiger partial charge on any atom is -0.496 e. The van der Waals surface area contributed by atoms with E-state index in [1.165, 1.54) is 0 Å². The van der Waals surface area contributed by atoms with Crippen molar-refractivity contribution in [2.45, 2.75) is 38.5 Å². The minimum atomic E-state index is -0.284. The molecule has 5 rings (SSSR count). The van der Waals surface area contributed by atoms with Crippen LogP contribution in [0.4, 0.5) is 0 Å². The van der Waals surface area contributed by atoms with Crippen molar-refractivity contribution in [3.63, 3.8) is 0 Å². The van der Waals surface area contributed by atoms with Crippen molar-refractivity contribution in [3.05, 3.63) is 54.0 Å². The molecule has 3 heterocycles. The van der Waals surface area contributed by atoms with Gasteiger partial charge in [-0.3, -0.25) is 9.59 Å². The predicted molar refractivity (Wildman–Crippen MR) is 128 cm³/mol. The average molecular weight is 476 g/mol. The lowest BCUT2D eigenvalue weighted by atomic mass is 9.97. The van der Waals surface area contributed by atoms with E-state index in [0.29, 0.717) is 36.9 Å². The molecule has 0 N–H and O–H groups in total. The van der Waals surface area contributed by atoms with Gasteiger partial charge in [0.1, 0.15) is 5.75 Å². The van der Waals surface area contributed by atoms with E-state index in [1.54, 1.807) is 36.0 Å². The number of nitrogens with zero attached hydrogens (tertiary/aromatic N) is 5. The largest absolute Gasteiger partial charge is 0.496 e. The number of carbonyl (C=O) groups is 2. The fourth-order valence-electron chi connectivity index (χ4n) is 4.67. The smallest absolute Gasteiger partial charge is 0.310 e. The molecule has 0 bridgehead atoms. The molecule has 0 radical (unpaired) electrons. The maximum Gasteiger partial charge on any atom is 0.310 e. The number of para-hydroxylation sites is 1. The summed E-state index contributed by atoms with van der Waals surface area (Å²) in [7, 11) is 1.63. The zero-order chi connectivity index (χ0) is 24.4. The van der Waals surface area contributed by atoms with Crippen LogP contribution in [0.2, 0.25) is 0 Å². The van der Waals surface area contributed by atoms with Gasteiger partial charge in [0.2, 0.25) is 0 Å². The molecule has 182 valence electrons. The van der Waals surface area contributed by atoms with E-state index in [4.69, 9.17) is 14.5 Å². The molecule has 9 heteroatoms. The Bertz CT molecular complexity index is 1240. The molecule has 1 aliphatic heterocycles. The summed E-state index contributed by atoms with van der Waals surface area (Å²) in [4.78, 5) is 36.8. The Kier molecular flexibility index (Phi) is 6.48. The molecule has 0 unspecified atom stereocenters. The normalized spacial score (nSPS) is 17.8. The van der Waals surface area contributed by atoms with Gasteiger partial charge >= 0.3 is 5.97 Å². The summed E-state index contributed by atoms with van der Waals surface area (Å²) in [6, 6.07) is 9.51. The van der Waals surface area contributed by atoms with Crippen molar-refractivity contribution < 1.29 is 19.1 Å². The molecular formula is C26H29N5O4. The highest BCUT2D eigenvalue weighted by atomic mass is 16.5. The number of piperidine rings is 1. The molecule has 0 spiro atoms. The summed E-state index contributed by atoms with van der Waals surface area (Å²) in [5, 5.41) is 4.55. The Hall–Kier alpha value is -3.75. The van der Waals surface area contributed by atoms with Gasteiger partial charge in [-0.25, -0.2) is 14.6 Å². The quantitative estimate of drug-likeness (QED) is 0.481. The molecule has 35 heavy (non-hydrogen) atoms. The van der Waals surface area contributed by atoms with Crippen LogP contribution in [-0.4, -0.2) is 63.3 Å². The molecule has 1 atom stereocenters. The zero-order valence-electron chi connectivity index (χ0n) is 20.0. The van der Waals surface area contributed by atoms with Crippen LogP contribution in [0.3, 0.4) is 0 Å². The number of likely N-dealkylation sites (tertiary alicyclic amines) is 1. The van der Waals surface area contributed by atoms with Gasteiger partial charge in [0, 0.05) is 30.8 Å². The monoisotopic (exact) mass is 475 g/mol. The number of esters is 1. The lowest BCUT2D eigenvalue weighted by Crippen LogP contribution is -2.43. The van der Waals surface area contributed by atoms with Crippen LogP contribution < -0.4 is 4.74 Å². The molecule has 1 saturated carbocycles. The second-order valence-electron chi connectivity index (χ2n) is 8.91. The number of aromatic nitrogens is 4. The van der Waals surface area contributed by atoms with Crippen LogP contribution in [0.1, 0.15) is 54.6 Å². The van der Waals surface area contributed by atoms with Gasteiger partial charge in [0.05, 0.1) is 42.8 Å².